The first-order valence-corrected chi connectivity index (χ1v) is 8.86. The second kappa shape index (κ2) is 12.0. The Morgan fingerprint density at radius 2 is 1.76 bits per heavy atom. The number of hydrogen-bond acceptors (Lipinski definition) is 3. The lowest BCUT2D eigenvalue weighted by molar-refractivity contribution is -0.173. The van der Waals surface area contributed by atoms with E-state index in [0.29, 0.717) is 25.5 Å². The van der Waals surface area contributed by atoms with Gasteiger partial charge in [-0.15, -0.1) is 11.8 Å². The number of thioether (sulfide) groups is 1. The molecule has 0 saturated carbocycles. The van der Waals surface area contributed by atoms with Gasteiger partial charge in [0, 0.05) is 31.6 Å². The van der Waals surface area contributed by atoms with Crippen LogP contribution in [0.5, 0.6) is 0 Å². The van der Waals surface area contributed by atoms with Crippen LogP contribution in [-0.2, 0) is 4.74 Å². The maximum atomic E-state index is 12.8. The minimum absolute atomic E-state index is 0.0395. The van der Waals surface area contributed by atoms with Gasteiger partial charge in [0.05, 0.1) is 0 Å². The van der Waals surface area contributed by atoms with Crippen LogP contribution in [0.15, 0.2) is 34.2 Å². The summed E-state index contributed by atoms with van der Waals surface area (Å²) in [4.78, 5) is 5.05. The third kappa shape index (κ3) is 11.7. The molecule has 0 aliphatic carbocycles. The summed E-state index contributed by atoms with van der Waals surface area (Å²) in [5.74, 6) is 1.23. The first-order valence-electron chi connectivity index (χ1n) is 7.88. The third-order valence-corrected chi connectivity index (χ3v) is 4.04. The van der Waals surface area contributed by atoms with E-state index >= 15 is 0 Å². The Morgan fingerprint density at radius 1 is 1.12 bits per heavy atom. The molecule has 2 N–H and O–H groups in total. The highest BCUT2D eigenvalue weighted by Crippen LogP contribution is 2.18. The van der Waals surface area contributed by atoms with Crippen LogP contribution in [0.2, 0.25) is 0 Å². The maximum absolute atomic E-state index is 12.8. The monoisotopic (exact) mass is 381 g/mol. The molecule has 25 heavy (non-hydrogen) atoms. The van der Waals surface area contributed by atoms with Crippen LogP contribution in [0.25, 0.3) is 0 Å². The summed E-state index contributed by atoms with van der Waals surface area (Å²) in [5.41, 5.74) is 0. The molecule has 1 aromatic rings. The Hall–Kier alpha value is -1.48. The Labute approximate surface area is 149 Å². The van der Waals surface area contributed by atoms with Gasteiger partial charge >= 0.3 is 6.18 Å². The van der Waals surface area contributed by atoms with E-state index in [4.69, 9.17) is 0 Å². The number of hydrogen-bond donors (Lipinski definition) is 2. The lowest BCUT2D eigenvalue weighted by atomic mass is 10.4. The van der Waals surface area contributed by atoms with Crippen molar-refractivity contribution < 1.29 is 22.3 Å². The fraction of sp³-hybridized carbons (Fsp3) is 0.562. The van der Waals surface area contributed by atoms with Gasteiger partial charge in [-0.1, -0.05) is 0 Å². The third-order valence-electron chi connectivity index (χ3n) is 2.94. The summed E-state index contributed by atoms with van der Waals surface area (Å²) in [5, 5.41) is 6.14. The average molecular weight is 381 g/mol. The summed E-state index contributed by atoms with van der Waals surface area (Å²) in [6.07, 6.45) is -2.94. The van der Waals surface area contributed by atoms with Gasteiger partial charge < -0.3 is 15.4 Å². The molecular formula is C16H23F4N3OS. The topological polar surface area (TPSA) is 45.7 Å². The van der Waals surface area contributed by atoms with Crippen LogP contribution in [0, 0.1) is 5.82 Å². The Morgan fingerprint density at radius 3 is 2.36 bits per heavy atom. The molecule has 0 spiro atoms. The van der Waals surface area contributed by atoms with E-state index in [1.54, 1.807) is 30.9 Å². The SMILES string of the molecule is CN=C(NCCCOCC(F)(F)F)NCCCSc1ccc(F)cc1. The second-order valence-electron chi connectivity index (χ2n) is 5.10. The van der Waals surface area contributed by atoms with Gasteiger partial charge in [-0.3, -0.25) is 4.99 Å². The van der Waals surface area contributed by atoms with Gasteiger partial charge in [0.2, 0.25) is 0 Å². The molecule has 1 rings (SSSR count). The van der Waals surface area contributed by atoms with Crippen LogP contribution in [0.4, 0.5) is 17.6 Å². The lowest BCUT2D eigenvalue weighted by Gasteiger charge is -2.12. The number of benzene rings is 1. The minimum atomic E-state index is -4.28. The molecule has 0 heterocycles. The number of aliphatic imine (C=N–C) groups is 1. The fourth-order valence-electron chi connectivity index (χ4n) is 1.79. The van der Waals surface area contributed by atoms with E-state index < -0.39 is 12.8 Å². The zero-order valence-corrected chi connectivity index (χ0v) is 14.9. The van der Waals surface area contributed by atoms with Crippen LogP contribution >= 0.6 is 11.8 Å². The molecule has 142 valence electrons. The normalized spacial score (nSPS) is 12.3. The van der Waals surface area contributed by atoms with Crippen molar-refractivity contribution in [1.29, 1.82) is 0 Å². The van der Waals surface area contributed by atoms with Crippen molar-refractivity contribution >= 4 is 17.7 Å². The summed E-state index contributed by atoms with van der Waals surface area (Å²) in [7, 11) is 1.63. The molecule has 0 atom stereocenters. The minimum Gasteiger partial charge on any atom is -0.372 e. The number of nitrogens with zero attached hydrogens (tertiary/aromatic N) is 1. The number of ether oxygens (including phenoxy) is 1. The molecule has 0 unspecified atom stereocenters. The zero-order valence-electron chi connectivity index (χ0n) is 14.0. The molecule has 0 aromatic heterocycles. The number of rotatable bonds is 10. The van der Waals surface area contributed by atoms with Gasteiger partial charge in [-0.25, -0.2) is 4.39 Å². The van der Waals surface area contributed by atoms with Crippen LogP contribution in [0.3, 0.4) is 0 Å². The standard InChI is InChI=1S/C16H23F4N3OS/c1-21-15(22-8-2-10-24-12-16(18,19)20)23-9-3-11-25-14-6-4-13(17)5-7-14/h4-7H,2-3,8-12H2,1H3,(H2,21,22,23). The molecular weight excluding hydrogens is 358 g/mol. The number of halogens is 4. The van der Waals surface area contributed by atoms with Crippen molar-refractivity contribution in [3.05, 3.63) is 30.1 Å². The molecule has 4 nitrogen and oxygen atoms in total. The fourth-order valence-corrected chi connectivity index (χ4v) is 2.64. The molecule has 1 aromatic carbocycles. The average Bonchev–Trinajstić information content (AvgIpc) is 2.56. The van der Waals surface area contributed by atoms with Crippen molar-refractivity contribution in [3.63, 3.8) is 0 Å². The van der Waals surface area contributed by atoms with Crippen molar-refractivity contribution in [2.24, 2.45) is 4.99 Å². The smallest absolute Gasteiger partial charge is 0.372 e. The van der Waals surface area contributed by atoms with Crippen molar-refractivity contribution in [2.45, 2.75) is 23.9 Å². The first kappa shape index (κ1) is 21.6. The predicted molar refractivity (Wildman–Crippen MR) is 92.6 cm³/mol. The zero-order chi connectivity index (χ0) is 18.5. The van der Waals surface area contributed by atoms with Crippen molar-refractivity contribution in [1.82, 2.24) is 10.6 Å². The first-order chi connectivity index (χ1) is 11.9. The quantitative estimate of drug-likeness (QED) is 0.214. The number of nitrogens with one attached hydrogen (secondary N) is 2. The molecule has 0 bridgehead atoms. The molecule has 9 heteroatoms. The molecule has 0 amide bonds. The van der Waals surface area contributed by atoms with E-state index in [1.807, 2.05) is 0 Å². The van der Waals surface area contributed by atoms with Gasteiger partial charge in [0.1, 0.15) is 12.4 Å². The van der Waals surface area contributed by atoms with Gasteiger partial charge in [-0.05, 0) is 42.9 Å². The Kier molecular flexibility index (Phi) is 10.3. The molecule has 0 aliphatic rings. The Bertz CT molecular complexity index is 509. The largest absolute Gasteiger partial charge is 0.411 e. The molecule has 0 fully saturated rings. The highest BCUT2D eigenvalue weighted by molar-refractivity contribution is 7.99. The molecule has 0 radical (unpaired) electrons. The second-order valence-corrected chi connectivity index (χ2v) is 6.27. The van der Waals surface area contributed by atoms with Gasteiger partial charge in [-0.2, -0.15) is 13.2 Å². The van der Waals surface area contributed by atoms with Crippen LogP contribution < -0.4 is 10.6 Å². The maximum Gasteiger partial charge on any atom is 0.411 e. The van der Waals surface area contributed by atoms with Crippen LogP contribution in [-0.4, -0.2) is 51.2 Å². The molecule has 0 aliphatic heterocycles. The van der Waals surface area contributed by atoms with E-state index in [1.165, 1.54) is 12.1 Å². The number of guanidine groups is 1. The molecule has 0 saturated heterocycles. The van der Waals surface area contributed by atoms with E-state index in [0.717, 1.165) is 17.1 Å². The highest BCUT2D eigenvalue weighted by atomic mass is 32.2. The highest BCUT2D eigenvalue weighted by Gasteiger charge is 2.27. The summed E-state index contributed by atoms with van der Waals surface area (Å²) in [6.45, 7) is 0.00378. The van der Waals surface area contributed by atoms with E-state index in [-0.39, 0.29) is 12.4 Å². The summed E-state index contributed by atoms with van der Waals surface area (Å²) >= 11 is 1.64. The van der Waals surface area contributed by atoms with Gasteiger partial charge in [0.15, 0.2) is 5.96 Å². The van der Waals surface area contributed by atoms with Crippen molar-refractivity contribution in [3.8, 4) is 0 Å². The van der Waals surface area contributed by atoms with Gasteiger partial charge in [0.25, 0.3) is 0 Å². The number of alkyl halides is 3. The Balaban J connectivity index is 2.03. The summed E-state index contributed by atoms with van der Waals surface area (Å²) < 4.78 is 53.0. The van der Waals surface area contributed by atoms with Crippen molar-refractivity contribution in [2.75, 3.05) is 39.1 Å². The van der Waals surface area contributed by atoms with E-state index in [9.17, 15) is 17.6 Å². The van der Waals surface area contributed by atoms with Crippen LogP contribution in [0.1, 0.15) is 12.8 Å². The summed E-state index contributed by atoms with van der Waals surface area (Å²) in [6, 6.07) is 6.36. The lowest BCUT2D eigenvalue weighted by Crippen LogP contribution is -2.38. The predicted octanol–water partition coefficient (Wildman–Crippen LogP) is 3.44. The van der Waals surface area contributed by atoms with E-state index in [2.05, 4.69) is 20.4 Å².